The van der Waals surface area contributed by atoms with E-state index >= 15 is 0 Å². The normalized spacial score (nSPS) is 10.4. The van der Waals surface area contributed by atoms with Gasteiger partial charge in [0, 0.05) is 27.2 Å². The molecule has 87 valence electrons. The quantitative estimate of drug-likeness (QED) is 0.681. The molecular formula is C14H23BN. The molecule has 1 rings (SSSR count). The Morgan fingerprint density at radius 3 is 1.69 bits per heavy atom. The lowest BCUT2D eigenvalue weighted by Crippen LogP contribution is -2.31. The minimum absolute atomic E-state index is 0. The van der Waals surface area contributed by atoms with Crippen LogP contribution in [0.1, 0.15) is 27.7 Å². The number of para-hydroxylation sites is 1. The van der Waals surface area contributed by atoms with Crippen LogP contribution in [0.4, 0.5) is 5.69 Å². The predicted octanol–water partition coefficient (Wildman–Crippen LogP) is 3.42. The molecule has 0 spiro atoms. The fourth-order valence-electron chi connectivity index (χ4n) is 1.81. The van der Waals surface area contributed by atoms with Crippen molar-refractivity contribution in [3.8, 4) is 0 Å². The summed E-state index contributed by atoms with van der Waals surface area (Å²) >= 11 is 0. The Bertz CT molecular complexity index is 259. The molecule has 2 heteroatoms. The lowest BCUT2D eigenvalue weighted by atomic mass is 10.1. The Labute approximate surface area is 102 Å². The molecule has 0 saturated carbocycles. The lowest BCUT2D eigenvalue weighted by molar-refractivity contribution is 0.553. The molecule has 1 nitrogen and oxygen atoms in total. The predicted molar refractivity (Wildman–Crippen MR) is 74.1 cm³/mol. The minimum atomic E-state index is 0. The maximum atomic E-state index is 2.48. The van der Waals surface area contributed by atoms with Crippen molar-refractivity contribution in [1.29, 1.82) is 0 Å². The third-order valence-electron chi connectivity index (χ3n) is 2.29. The van der Waals surface area contributed by atoms with E-state index in [0.29, 0.717) is 11.8 Å². The zero-order valence-corrected chi connectivity index (χ0v) is 11.0. The summed E-state index contributed by atoms with van der Waals surface area (Å²) in [5, 5.41) is 0. The average molecular weight is 216 g/mol. The van der Waals surface area contributed by atoms with Gasteiger partial charge in [-0.3, -0.25) is 0 Å². The van der Waals surface area contributed by atoms with Crippen LogP contribution in [0.5, 0.6) is 0 Å². The first-order valence-electron chi connectivity index (χ1n) is 5.89. The Hall–Kier alpha value is -0.915. The molecule has 0 fully saturated rings. The maximum absolute atomic E-state index is 2.48. The molecule has 0 unspecified atom stereocenters. The van der Waals surface area contributed by atoms with Crippen molar-refractivity contribution >= 4 is 14.1 Å². The molecule has 0 amide bonds. The third kappa shape index (κ3) is 5.25. The number of hydrogen-bond donors (Lipinski definition) is 0. The molecule has 0 aliphatic carbocycles. The van der Waals surface area contributed by atoms with Gasteiger partial charge >= 0.3 is 0 Å². The smallest absolute Gasteiger partial charge is 0.0366 e. The van der Waals surface area contributed by atoms with E-state index in [-0.39, 0.29) is 8.41 Å². The van der Waals surface area contributed by atoms with Gasteiger partial charge in [-0.1, -0.05) is 45.9 Å². The van der Waals surface area contributed by atoms with Crippen LogP contribution in [-0.2, 0) is 0 Å². The molecular weight excluding hydrogens is 193 g/mol. The second-order valence-corrected chi connectivity index (χ2v) is 5.03. The van der Waals surface area contributed by atoms with Crippen LogP contribution in [0.3, 0.4) is 0 Å². The van der Waals surface area contributed by atoms with Crippen molar-refractivity contribution in [1.82, 2.24) is 0 Å². The molecule has 0 aliphatic heterocycles. The monoisotopic (exact) mass is 216 g/mol. The highest BCUT2D eigenvalue weighted by atomic mass is 15.1. The van der Waals surface area contributed by atoms with Gasteiger partial charge in [-0.05, 0) is 24.0 Å². The van der Waals surface area contributed by atoms with Gasteiger partial charge in [-0.25, -0.2) is 0 Å². The van der Waals surface area contributed by atoms with Gasteiger partial charge in [0.1, 0.15) is 0 Å². The third-order valence-corrected chi connectivity index (χ3v) is 2.29. The summed E-state index contributed by atoms with van der Waals surface area (Å²) in [5.74, 6) is 1.42. The zero-order chi connectivity index (χ0) is 11.3. The van der Waals surface area contributed by atoms with Crippen LogP contribution < -0.4 is 4.90 Å². The fraction of sp³-hybridized carbons (Fsp3) is 0.571. The van der Waals surface area contributed by atoms with Gasteiger partial charge in [0.25, 0.3) is 0 Å². The van der Waals surface area contributed by atoms with E-state index in [2.05, 4.69) is 62.9 Å². The van der Waals surface area contributed by atoms with Crippen LogP contribution in [-0.4, -0.2) is 21.5 Å². The highest BCUT2D eigenvalue weighted by molar-refractivity contribution is 5.75. The number of nitrogens with zero attached hydrogens (tertiary/aromatic N) is 1. The van der Waals surface area contributed by atoms with E-state index in [1.807, 2.05) is 0 Å². The largest absolute Gasteiger partial charge is 0.371 e. The molecule has 0 aliphatic rings. The zero-order valence-electron chi connectivity index (χ0n) is 11.0. The van der Waals surface area contributed by atoms with Gasteiger partial charge < -0.3 is 4.90 Å². The van der Waals surface area contributed by atoms with Crippen molar-refractivity contribution in [3.05, 3.63) is 30.3 Å². The van der Waals surface area contributed by atoms with Crippen LogP contribution in [0, 0.1) is 11.8 Å². The molecule has 16 heavy (non-hydrogen) atoms. The number of hydrogen-bond acceptors (Lipinski definition) is 1. The highest BCUT2D eigenvalue weighted by Gasteiger charge is 2.09. The van der Waals surface area contributed by atoms with E-state index < -0.39 is 0 Å². The summed E-state index contributed by atoms with van der Waals surface area (Å²) < 4.78 is 0. The summed E-state index contributed by atoms with van der Waals surface area (Å²) in [6.07, 6.45) is 0. The van der Waals surface area contributed by atoms with Gasteiger partial charge in [0.2, 0.25) is 0 Å². The van der Waals surface area contributed by atoms with Crippen LogP contribution in [0.15, 0.2) is 30.3 Å². The summed E-state index contributed by atoms with van der Waals surface area (Å²) in [4.78, 5) is 2.48. The molecule has 0 saturated heterocycles. The number of anilines is 1. The molecule has 3 radical (unpaired) electrons. The maximum Gasteiger partial charge on any atom is 0.0366 e. The Kier molecular flexibility index (Phi) is 6.95. The van der Waals surface area contributed by atoms with E-state index in [0.717, 1.165) is 13.1 Å². The molecule has 0 aromatic heterocycles. The van der Waals surface area contributed by atoms with Crippen LogP contribution >= 0.6 is 0 Å². The molecule has 0 atom stereocenters. The fourth-order valence-corrected chi connectivity index (χ4v) is 1.81. The van der Waals surface area contributed by atoms with Crippen LogP contribution in [0.2, 0.25) is 0 Å². The summed E-state index contributed by atoms with van der Waals surface area (Å²) in [7, 11) is 0. The minimum Gasteiger partial charge on any atom is -0.371 e. The average Bonchev–Trinajstić information content (AvgIpc) is 2.17. The molecule has 0 bridgehead atoms. The first-order chi connectivity index (χ1) is 7.09. The van der Waals surface area contributed by atoms with Crippen molar-refractivity contribution < 1.29 is 0 Å². The van der Waals surface area contributed by atoms with Crippen molar-refractivity contribution in [3.63, 3.8) is 0 Å². The first kappa shape index (κ1) is 15.1. The molecule has 0 heterocycles. The van der Waals surface area contributed by atoms with Crippen molar-refractivity contribution in [2.24, 2.45) is 11.8 Å². The first-order valence-corrected chi connectivity index (χ1v) is 5.89. The Morgan fingerprint density at radius 2 is 1.31 bits per heavy atom. The number of rotatable bonds is 5. The van der Waals surface area contributed by atoms with E-state index in [9.17, 15) is 0 Å². The molecule has 1 aromatic rings. The standard InChI is InChI=1S/C14H23N.B/c1-12(2)10-15(11-13(3)4)14-8-6-5-7-9-14;/h5-9,12-13H,10-11H2,1-4H3;. The highest BCUT2D eigenvalue weighted by Crippen LogP contribution is 2.16. The molecule has 1 aromatic carbocycles. The number of benzene rings is 1. The van der Waals surface area contributed by atoms with Gasteiger partial charge in [0.15, 0.2) is 0 Å². The van der Waals surface area contributed by atoms with E-state index in [4.69, 9.17) is 0 Å². The molecule has 0 N–H and O–H groups in total. The Balaban J connectivity index is 0.00000225. The van der Waals surface area contributed by atoms with Crippen LogP contribution in [0.25, 0.3) is 0 Å². The van der Waals surface area contributed by atoms with Gasteiger partial charge in [-0.2, -0.15) is 0 Å². The SMILES string of the molecule is CC(C)CN(CC(C)C)c1ccccc1.[B]. The van der Waals surface area contributed by atoms with Gasteiger partial charge in [0.05, 0.1) is 0 Å². The topological polar surface area (TPSA) is 3.24 Å². The van der Waals surface area contributed by atoms with Crippen molar-refractivity contribution in [2.45, 2.75) is 27.7 Å². The Morgan fingerprint density at radius 1 is 0.875 bits per heavy atom. The second kappa shape index (κ2) is 7.37. The summed E-state index contributed by atoms with van der Waals surface area (Å²) in [6, 6.07) is 10.7. The lowest BCUT2D eigenvalue weighted by Gasteiger charge is -2.28. The van der Waals surface area contributed by atoms with E-state index in [1.165, 1.54) is 5.69 Å². The summed E-state index contributed by atoms with van der Waals surface area (Å²) in [5.41, 5.74) is 1.35. The van der Waals surface area contributed by atoms with Gasteiger partial charge in [-0.15, -0.1) is 0 Å². The van der Waals surface area contributed by atoms with E-state index in [1.54, 1.807) is 0 Å². The second-order valence-electron chi connectivity index (χ2n) is 5.03. The summed E-state index contributed by atoms with van der Waals surface area (Å²) in [6.45, 7) is 11.4. The van der Waals surface area contributed by atoms with Crippen molar-refractivity contribution in [2.75, 3.05) is 18.0 Å².